The van der Waals surface area contributed by atoms with Crippen LogP contribution in [0.15, 0.2) is 28.2 Å². The summed E-state index contributed by atoms with van der Waals surface area (Å²) in [6, 6.07) is 4.13. The zero-order chi connectivity index (χ0) is 18.1. The molecule has 0 unspecified atom stereocenters. The fourth-order valence-electron chi connectivity index (χ4n) is 2.83. The largest absolute Gasteiger partial charge is 0.464 e. The van der Waals surface area contributed by atoms with E-state index in [0.717, 1.165) is 16.5 Å². The van der Waals surface area contributed by atoms with Crippen molar-refractivity contribution < 1.29 is 14.0 Å². The Bertz CT molecular complexity index is 953. The number of ketones is 1. The standard InChI is InChI=1S/C19H20N2O3S/c1-10(2)14-7-15-13(8-24-17(15)5-11(14)3)6-18(23)21-19-20-16(9-25-19)12(4)22/h5,7-10H,6H2,1-4H3,(H,20,21,23). The van der Waals surface area contributed by atoms with Crippen LogP contribution in [0.4, 0.5) is 5.13 Å². The van der Waals surface area contributed by atoms with Crippen LogP contribution in [0.3, 0.4) is 0 Å². The highest BCUT2D eigenvalue weighted by atomic mass is 32.1. The summed E-state index contributed by atoms with van der Waals surface area (Å²) in [6.45, 7) is 7.82. The molecule has 3 aromatic rings. The van der Waals surface area contributed by atoms with Crippen LogP contribution in [0, 0.1) is 6.92 Å². The van der Waals surface area contributed by atoms with Crippen molar-refractivity contribution >= 4 is 39.1 Å². The molecule has 1 aromatic carbocycles. The summed E-state index contributed by atoms with van der Waals surface area (Å²) < 4.78 is 5.61. The lowest BCUT2D eigenvalue weighted by Crippen LogP contribution is -2.14. The number of carbonyl (C=O) groups excluding carboxylic acids is 2. The van der Waals surface area contributed by atoms with Gasteiger partial charge in [-0.15, -0.1) is 11.3 Å². The zero-order valence-electron chi connectivity index (χ0n) is 14.7. The van der Waals surface area contributed by atoms with Crippen LogP contribution in [-0.2, 0) is 11.2 Å². The topological polar surface area (TPSA) is 72.2 Å². The predicted molar refractivity (Wildman–Crippen MR) is 99.5 cm³/mol. The van der Waals surface area contributed by atoms with Crippen LogP contribution in [0.25, 0.3) is 11.0 Å². The lowest BCUT2D eigenvalue weighted by Gasteiger charge is -2.09. The third-order valence-corrected chi connectivity index (χ3v) is 4.88. The van der Waals surface area contributed by atoms with E-state index in [-0.39, 0.29) is 18.1 Å². The number of hydrogen-bond donors (Lipinski definition) is 1. The van der Waals surface area contributed by atoms with E-state index in [1.165, 1.54) is 29.4 Å². The number of rotatable bonds is 5. The molecule has 0 spiro atoms. The Morgan fingerprint density at radius 1 is 1.32 bits per heavy atom. The number of anilines is 1. The Morgan fingerprint density at radius 2 is 2.08 bits per heavy atom. The normalized spacial score (nSPS) is 11.2. The summed E-state index contributed by atoms with van der Waals surface area (Å²) in [5.41, 5.74) is 4.44. The third kappa shape index (κ3) is 3.64. The summed E-state index contributed by atoms with van der Waals surface area (Å²) in [7, 11) is 0. The van der Waals surface area contributed by atoms with Gasteiger partial charge in [-0.1, -0.05) is 13.8 Å². The van der Waals surface area contributed by atoms with E-state index in [1.807, 2.05) is 6.07 Å². The maximum absolute atomic E-state index is 12.3. The molecule has 0 radical (unpaired) electrons. The van der Waals surface area contributed by atoms with Crippen molar-refractivity contribution in [3.05, 3.63) is 46.2 Å². The Labute approximate surface area is 150 Å². The lowest BCUT2D eigenvalue weighted by atomic mass is 9.95. The second-order valence-corrected chi connectivity index (χ2v) is 7.30. The molecule has 0 saturated carbocycles. The number of nitrogens with zero attached hydrogens (tertiary/aromatic N) is 1. The fraction of sp³-hybridized carbons (Fsp3) is 0.316. The van der Waals surface area contributed by atoms with Gasteiger partial charge in [0.05, 0.1) is 12.7 Å². The van der Waals surface area contributed by atoms with E-state index in [9.17, 15) is 9.59 Å². The molecule has 0 fully saturated rings. The van der Waals surface area contributed by atoms with E-state index in [4.69, 9.17) is 4.42 Å². The van der Waals surface area contributed by atoms with Crippen molar-refractivity contribution in [2.24, 2.45) is 0 Å². The molecule has 0 saturated heterocycles. The van der Waals surface area contributed by atoms with Crippen molar-refractivity contribution in [1.82, 2.24) is 4.98 Å². The number of thiazole rings is 1. The molecule has 2 aromatic heterocycles. The molecule has 6 heteroatoms. The average Bonchev–Trinajstić information content (AvgIpc) is 3.13. The molecule has 0 aliphatic carbocycles. The van der Waals surface area contributed by atoms with Gasteiger partial charge in [0.15, 0.2) is 10.9 Å². The minimum atomic E-state index is -0.182. The van der Waals surface area contributed by atoms with Gasteiger partial charge >= 0.3 is 0 Å². The van der Waals surface area contributed by atoms with Crippen LogP contribution in [0.5, 0.6) is 0 Å². The smallest absolute Gasteiger partial charge is 0.230 e. The molecule has 1 N–H and O–H groups in total. The van der Waals surface area contributed by atoms with Gasteiger partial charge in [0.1, 0.15) is 11.3 Å². The minimum Gasteiger partial charge on any atom is -0.464 e. The number of furan rings is 1. The van der Waals surface area contributed by atoms with Gasteiger partial charge in [-0.25, -0.2) is 4.98 Å². The van der Waals surface area contributed by atoms with Crippen LogP contribution in [0.2, 0.25) is 0 Å². The second kappa shape index (κ2) is 6.80. The maximum atomic E-state index is 12.3. The van der Waals surface area contributed by atoms with E-state index in [1.54, 1.807) is 11.6 Å². The quantitative estimate of drug-likeness (QED) is 0.672. The molecule has 0 atom stereocenters. The number of amides is 1. The number of Topliss-reactive ketones (excluding diaryl/α,β-unsaturated/α-hetero) is 1. The number of benzene rings is 1. The zero-order valence-corrected chi connectivity index (χ0v) is 15.5. The number of hydrogen-bond acceptors (Lipinski definition) is 5. The highest BCUT2D eigenvalue weighted by Gasteiger charge is 2.15. The SMILES string of the molecule is CC(=O)c1csc(NC(=O)Cc2coc3cc(C)c(C(C)C)cc23)n1. The van der Waals surface area contributed by atoms with Crippen LogP contribution < -0.4 is 5.32 Å². The summed E-state index contributed by atoms with van der Waals surface area (Å²) in [4.78, 5) is 27.7. The van der Waals surface area contributed by atoms with Crippen LogP contribution in [-0.4, -0.2) is 16.7 Å². The van der Waals surface area contributed by atoms with Gasteiger partial charge < -0.3 is 9.73 Å². The number of aromatic nitrogens is 1. The lowest BCUT2D eigenvalue weighted by molar-refractivity contribution is -0.115. The first kappa shape index (κ1) is 17.4. The van der Waals surface area contributed by atoms with E-state index >= 15 is 0 Å². The summed E-state index contributed by atoms with van der Waals surface area (Å²) in [6.07, 6.45) is 1.83. The molecule has 0 aliphatic rings. The van der Waals surface area contributed by atoms with Crippen LogP contribution in [0.1, 0.15) is 53.9 Å². The monoisotopic (exact) mass is 356 g/mol. The van der Waals surface area contributed by atoms with Crippen molar-refractivity contribution in [3.63, 3.8) is 0 Å². The van der Waals surface area contributed by atoms with E-state index < -0.39 is 0 Å². The highest BCUT2D eigenvalue weighted by Crippen LogP contribution is 2.29. The first-order chi connectivity index (χ1) is 11.8. The molecule has 130 valence electrons. The van der Waals surface area contributed by atoms with Crippen molar-refractivity contribution in [2.75, 3.05) is 5.32 Å². The number of fused-ring (bicyclic) bond motifs is 1. The van der Waals surface area contributed by atoms with Crippen molar-refractivity contribution in [1.29, 1.82) is 0 Å². The first-order valence-corrected chi connectivity index (χ1v) is 9.00. The van der Waals surface area contributed by atoms with Gasteiger partial charge in [0.25, 0.3) is 0 Å². The number of nitrogens with one attached hydrogen (secondary N) is 1. The van der Waals surface area contributed by atoms with Gasteiger partial charge in [0, 0.05) is 23.3 Å². The molecule has 5 nitrogen and oxygen atoms in total. The summed E-state index contributed by atoms with van der Waals surface area (Å²) >= 11 is 1.24. The Hall–Kier alpha value is -2.47. The molecule has 3 rings (SSSR count). The molecular weight excluding hydrogens is 336 g/mol. The van der Waals surface area contributed by atoms with Gasteiger partial charge in [0.2, 0.25) is 5.91 Å². The summed E-state index contributed by atoms with van der Waals surface area (Å²) in [5, 5.41) is 5.78. The van der Waals surface area contributed by atoms with E-state index in [0.29, 0.717) is 16.7 Å². The average molecular weight is 356 g/mol. The summed E-state index contributed by atoms with van der Waals surface area (Å²) in [5.74, 6) is 0.106. The fourth-order valence-corrected chi connectivity index (χ4v) is 3.60. The Balaban J connectivity index is 1.80. The molecule has 0 bridgehead atoms. The van der Waals surface area contributed by atoms with Crippen molar-refractivity contribution in [2.45, 2.75) is 40.0 Å². The van der Waals surface area contributed by atoms with E-state index in [2.05, 4.69) is 37.1 Å². The van der Waals surface area contributed by atoms with Crippen molar-refractivity contribution in [3.8, 4) is 0 Å². The number of carbonyl (C=O) groups is 2. The Kier molecular flexibility index (Phi) is 4.72. The van der Waals surface area contributed by atoms with Crippen LogP contribution >= 0.6 is 11.3 Å². The first-order valence-electron chi connectivity index (χ1n) is 8.12. The molecule has 0 aliphatic heterocycles. The molecule has 1 amide bonds. The third-order valence-electron chi connectivity index (χ3n) is 4.13. The minimum absolute atomic E-state index is 0.117. The molecule has 2 heterocycles. The highest BCUT2D eigenvalue weighted by molar-refractivity contribution is 7.14. The number of aryl methyl sites for hydroxylation is 1. The second-order valence-electron chi connectivity index (χ2n) is 6.44. The molecular formula is C19H20N2O3S. The molecule has 25 heavy (non-hydrogen) atoms. The predicted octanol–water partition coefficient (Wildman–Crippen LogP) is 4.70. The maximum Gasteiger partial charge on any atom is 0.230 e. The Morgan fingerprint density at radius 3 is 2.72 bits per heavy atom. The van der Waals surface area contributed by atoms with Gasteiger partial charge in [-0.3, -0.25) is 9.59 Å². The van der Waals surface area contributed by atoms with Gasteiger partial charge in [-0.05, 0) is 36.1 Å². The van der Waals surface area contributed by atoms with Gasteiger partial charge in [-0.2, -0.15) is 0 Å².